The number of anilines is 1. The van der Waals surface area contributed by atoms with Crippen LogP contribution in [0.25, 0.3) is 10.9 Å². The molecular weight excluding hydrogens is 248 g/mol. The van der Waals surface area contributed by atoms with Gasteiger partial charge in [0.05, 0.1) is 5.52 Å². The maximum absolute atomic E-state index is 4.47. The number of para-hydroxylation sites is 1. The van der Waals surface area contributed by atoms with Crippen LogP contribution < -0.4 is 5.32 Å². The summed E-state index contributed by atoms with van der Waals surface area (Å²) in [6.45, 7) is 3.88. The van der Waals surface area contributed by atoms with E-state index in [9.17, 15) is 0 Å². The van der Waals surface area contributed by atoms with Gasteiger partial charge in [0.15, 0.2) is 0 Å². The lowest BCUT2D eigenvalue weighted by Gasteiger charge is -2.10. The summed E-state index contributed by atoms with van der Waals surface area (Å²) in [6.07, 6.45) is 6.78. The zero-order valence-electron chi connectivity index (χ0n) is 11.6. The number of nitrogens with one attached hydrogen (secondary N) is 1. The lowest BCUT2D eigenvalue weighted by molar-refractivity contribution is 0.682. The van der Waals surface area contributed by atoms with Crippen molar-refractivity contribution >= 4 is 16.9 Å². The molecule has 0 amide bonds. The Kier molecular flexibility index (Phi) is 3.63. The highest BCUT2D eigenvalue weighted by atomic mass is 15.2. The SMILES string of the molecule is CCCn1ccnc1NCc1cccc2cccnc12. The van der Waals surface area contributed by atoms with Crippen LogP contribution in [0.1, 0.15) is 18.9 Å². The van der Waals surface area contributed by atoms with Crippen LogP contribution in [0.5, 0.6) is 0 Å². The number of pyridine rings is 1. The van der Waals surface area contributed by atoms with Crippen molar-refractivity contribution in [1.29, 1.82) is 0 Å². The highest BCUT2D eigenvalue weighted by Gasteiger charge is 2.04. The molecule has 0 aliphatic rings. The summed E-state index contributed by atoms with van der Waals surface area (Å²) in [5, 5.41) is 4.57. The van der Waals surface area contributed by atoms with Gasteiger partial charge >= 0.3 is 0 Å². The second kappa shape index (κ2) is 5.74. The first-order valence-electron chi connectivity index (χ1n) is 6.96. The van der Waals surface area contributed by atoms with Crippen LogP contribution in [0.4, 0.5) is 5.95 Å². The minimum Gasteiger partial charge on any atom is -0.351 e. The van der Waals surface area contributed by atoms with Crippen molar-refractivity contribution in [3.8, 4) is 0 Å². The third-order valence-electron chi connectivity index (χ3n) is 3.33. The molecule has 0 aliphatic heterocycles. The molecule has 0 spiro atoms. The lowest BCUT2D eigenvalue weighted by atomic mass is 10.1. The Labute approximate surface area is 118 Å². The minimum atomic E-state index is 0.731. The van der Waals surface area contributed by atoms with Gasteiger partial charge < -0.3 is 9.88 Å². The van der Waals surface area contributed by atoms with Gasteiger partial charge in [0.1, 0.15) is 0 Å². The van der Waals surface area contributed by atoms with Gasteiger partial charge in [0.2, 0.25) is 5.95 Å². The largest absolute Gasteiger partial charge is 0.351 e. The molecule has 102 valence electrons. The molecule has 4 heteroatoms. The maximum atomic E-state index is 4.47. The number of fused-ring (bicyclic) bond motifs is 1. The molecule has 2 aromatic heterocycles. The smallest absolute Gasteiger partial charge is 0.203 e. The monoisotopic (exact) mass is 266 g/mol. The number of hydrogen-bond donors (Lipinski definition) is 1. The molecule has 1 aromatic carbocycles. The molecule has 2 heterocycles. The first kappa shape index (κ1) is 12.7. The summed E-state index contributed by atoms with van der Waals surface area (Å²) >= 11 is 0. The van der Waals surface area contributed by atoms with E-state index in [1.54, 1.807) is 0 Å². The minimum absolute atomic E-state index is 0.731. The molecular formula is C16H18N4. The van der Waals surface area contributed by atoms with Crippen molar-refractivity contribution in [2.24, 2.45) is 0 Å². The van der Waals surface area contributed by atoms with E-state index in [0.29, 0.717) is 0 Å². The van der Waals surface area contributed by atoms with Gasteiger partial charge in [-0.3, -0.25) is 4.98 Å². The fourth-order valence-electron chi connectivity index (χ4n) is 2.38. The summed E-state index contributed by atoms with van der Waals surface area (Å²) in [7, 11) is 0. The summed E-state index contributed by atoms with van der Waals surface area (Å²) < 4.78 is 2.14. The number of rotatable bonds is 5. The maximum Gasteiger partial charge on any atom is 0.203 e. The fraction of sp³-hybridized carbons (Fsp3) is 0.250. The average molecular weight is 266 g/mol. The molecule has 0 unspecified atom stereocenters. The number of hydrogen-bond acceptors (Lipinski definition) is 3. The topological polar surface area (TPSA) is 42.7 Å². The third kappa shape index (κ3) is 2.50. The molecule has 0 radical (unpaired) electrons. The van der Waals surface area contributed by atoms with Gasteiger partial charge in [-0.15, -0.1) is 0 Å². The Bertz CT molecular complexity index is 697. The molecule has 1 N–H and O–H groups in total. The van der Waals surface area contributed by atoms with Crippen LogP contribution in [-0.2, 0) is 13.1 Å². The molecule has 0 saturated carbocycles. The van der Waals surface area contributed by atoms with Gasteiger partial charge in [0.25, 0.3) is 0 Å². The van der Waals surface area contributed by atoms with E-state index in [1.165, 1.54) is 10.9 Å². The Hall–Kier alpha value is -2.36. The van der Waals surface area contributed by atoms with Gasteiger partial charge in [-0.25, -0.2) is 4.98 Å². The Morgan fingerprint density at radius 3 is 2.90 bits per heavy atom. The third-order valence-corrected chi connectivity index (χ3v) is 3.33. The first-order valence-corrected chi connectivity index (χ1v) is 6.96. The van der Waals surface area contributed by atoms with Gasteiger partial charge in [-0.1, -0.05) is 31.2 Å². The van der Waals surface area contributed by atoms with Crippen LogP contribution in [0.3, 0.4) is 0 Å². The molecule has 4 nitrogen and oxygen atoms in total. The number of aromatic nitrogens is 3. The van der Waals surface area contributed by atoms with E-state index in [1.807, 2.05) is 24.7 Å². The molecule has 0 aliphatic carbocycles. The molecule has 0 bridgehead atoms. The quantitative estimate of drug-likeness (QED) is 0.769. The van der Waals surface area contributed by atoms with Crippen LogP contribution >= 0.6 is 0 Å². The Morgan fingerprint density at radius 2 is 2.00 bits per heavy atom. The fourth-order valence-corrected chi connectivity index (χ4v) is 2.38. The van der Waals surface area contributed by atoms with E-state index >= 15 is 0 Å². The van der Waals surface area contributed by atoms with E-state index in [2.05, 4.69) is 51.0 Å². The van der Waals surface area contributed by atoms with Gasteiger partial charge in [0, 0.05) is 37.1 Å². The predicted molar refractivity (Wildman–Crippen MR) is 81.6 cm³/mol. The van der Waals surface area contributed by atoms with Crippen molar-refractivity contribution in [3.63, 3.8) is 0 Å². The van der Waals surface area contributed by atoms with Crippen molar-refractivity contribution in [3.05, 3.63) is 54.5 Å². The Morgan fingerprint density at radius 1 is 1.10 bits per heavy atom. The second-order valence-electron chi connectivity index (χ2n) is 4.79. The second-order valence-corrected chi connectivity index (χ2v) is 4.79. The first-order chi connectivity index (χ1) is 9.88. The zero-order valence-corrected chi connectivity index (χ0v) is 11.6. The van der Waals surface area contributed by atoms with Crippen molar-refractivity contribution in [2.75, 3.05) is 5.32 Å². The highest BCUT2D eigenvalue weighted by molar-refractivity contribution is 5.81. The van der Waals surface area contributed by atoms with Gasteiger partial charge in [-0.05, 0) is 18.1 Å². The molecule has 3 rings (SSSR count). The normalized spacial score (nSPS) is 10.8. The summed E-state index contributed by atoms with van der Waals surface area (Å²) in [5.41, 5.74) is 2.24. The summed E-state index contributed by atoms with van der Waals surface area (Å²) in [6, 6.07) is 10.3. The lowest BCUT2D eigenvalue weighted by Crippen LogP contribution is -2.07. The number of aryl methyl sites for hydroxylation is 1. The Balaban J connectivity index is 1.81. The van der Waals surface area contributed by atoms with Crippen LogP contribution in [0, 0.1) is 0 Å². The standard InChI is InChI=1S/C16H18N4/c1-2-10-20-11-9-18-16(20)19-12-14-6-3-5-13-7-4-8-17-15(13)14/h3-9,11H,2,10,12H2,1H3,(H,18,19). The average Bonchev–Trinajstić information content (AvgIpc) is 2.93. The van der Waals surface area contributed by atoms with E-state index < -0.39 is 0 Å². The number of nitrogens with zero attached hydrogens (tertiary/aromatic N) is 3. The number of imidazole rings is 1. The van der Waals surface area contributed by atoms with Crippen LogP contribution in [-0.4, -0.2) is 14.5 Å². The molecule has 0 atom stereocenters. The molecule has 0 fully saturated rings. The van der Waals surface area contributed by atoms with Crippen molar-refractivity contribution < 1.29 is 0 Å². The van der Waals surface area contributed by atoms with Gasteiger partial charge in [-0.2, -0.15) is 0 Å². The van der Waals surface area contributed by atoms with E-state index in [0.717, 1.165) is 31.0 Å². The highest BCUT2D eigenvalue weighted by Crippen LogP contribution is 2.17. The predicted octanol–water partition coefficient (Wildman–Crippen LogP) is 3.45. The summed E-state index contributed by atoms with van der Waals surface area (Å²) in [5.74, 6) is 0.916. The zero-order chi connectivity index (χ0) is 13.8. The summed E-state index contributed by atoms with van der Waals surface area (Å²) in [4.78, 5) is 8.83. The number of benzene rings is 1. The van der Waals surface area contributed by atoms with Crippen LogP contribution in [0.15, 0.2) is 48.9 Å². The van der Waals surface area contributed by atoms with E-state index in [4.69, 9.17) is 0 Å². The molecule has 3 aromatic rings. The molecule has 20 heavy (non-hydrogen) atoms. The van der Waals surface area contributed by atoms with Crippen molar-refractivity contribution in [2.45, 2.75) is 26.4 Å². The molecule has 0 saturated heterocycles. The van der Waals surface area contributed by atoms with Crippen LogP contribution in [0.2, 0.25) is 0 Å². The van der Waals surface area contributed by atoms with E-state index in [-0.39, 0.29) is 0 Å². The van der Waals surface area contributed by atoms with Crippen molar-refractivity contribution in [1.82, 2.24) is 14.5 Å².